The highest BCUT2D eigenvalue weighted by Gasteiger charge is 2.32. The van der Waals surface area contributed by atoms with Crippen LogP contribution in [-0.2, 0) is 9.84 Å². The number of pyridine rings is 1. The number of sulfone groups is 1. The van der Waals surface area contributed by atoms with Crippen LogP contribution in [-0.4, -0.2) is 47.7 Å². The second-order valence-corrected chi connectivity index (χ2v) is 11.7. The Kier molecular flexibility index (Phi) is 5.65. The summed E-state index contributed by atoms with van der Waals surface area (Å²) < 4.78 is 31.4. The molecule has 0 aliphatic carbocycles. The van der Waals surface area contributed by atoms with E-state index in [1.165, 1.54) is 11.3 Å². The lowest BCUT2D eigenvalue weighted by atomic mass is 10.1. The molecule has 34 heavy (non-hydrogen) atoms. The van der Waals surface area contributed by atoms with Crippen molar-refractivity contribution in [2.45, 2.75) is 26.3 Å². The number of rotatable bonds is 5. The van der Waals surface area contributed by atoms with Gasteiger partial charge in [-0.05, 0) is 55.5 Å². The minimum atomic E-state index is -3.12. The van der Waals surface area contributed by atoms with Gasteiger partial charge in [-0.25, -0.2) is 18.1 Å². The van der Waals surface area contributed by atoms with Crippen LogP contribution in [0.3, 0.4) is 0 Å². The van der Waals surface area contributed by atoms with E-state index in [0.29, 0.717) is 45.8 Å². The summed E-state index contributed by atoms with van der Waals surface area (Å²) in [7, 11) is -1.56. The van der Waals surface area contributed by atoms with Crippen molar-refractivity contribution in [3.63, 3.8) is 0 Å². The molecule has 1 aliphatic rings. The van der Waals surface area contributed by atoms with Gasteiger partial charge in [0.2, 0.25) is 0 Å². The number of nitrogens with zero attached hydrogens (tertiary/aromatic N) is 3. The molecular formula is C24H24N4O4S2. The van der Waals surface area contributed by atoms with E-state index >= 15 is 0 Å². The quantitative estimate of drug-likeness (QED) is 0.439. The Hall–Kier alpha value is -3.24. The van der Waals surface area contributed by atoms with Gasteiger partial charge in [-0.1, -0.05) is 12.1 Å². The molecule has 1 aromatic carbocycles. The molecule has 1 amide bonds. The Morgan fingerprint density at radius 3 is 2.74 bits per heavy atom. The molecule has 3 aromatic heterocycles. The van der Waals surface area contributed by atoms with E-state index in [1.807, 2.05) is 49.6 Å². The van der Waals surface area contributed by atoms with Gasteiger partial charge in [0.15, 0.2) is 15.5 Å². The van der Waals surface area contributed by atoms with Crippen LogP contribution in [0.5, 0.6) is 5.75 Å². The van der Waals surface area contributed by atoms with E-state index < -0.39 is 9.84 Å². The highest BCUT2D eigenvalue weighted by atomic mass is 32.2. The average Bonchev–Trinajstić information content (AvgIpc) is 3.53. The molecular weight excluding hydrogens is 472 g/mol. The van der Waals surface area contributed by atoms with Gasteiger partial charge in [0.1, 0.15) is 5.75 Å². The van der Waals surface area contributed by atoms with Crippen LogP contribution in [0.2, 0.25) is 0 Å². The Morgan fingerprint density at radius 2 is 2.06 bits per heavy atom. The van der Waals surface area contributed by atoms with Crippen molar-refractivity contribution < 1.29 is 17.9 Å². The van der Waals surface area contributed by atoms with Crippen LogP contribution >= 0.6 is 11.3 Å². The zero-order valence-corrected chi connectivity index (χ0v) is 20.7. The van der Waals surface area contributed by atoms with Crippen molar-refractivity contribution in [2.24, 2.45) is 0 Å². The summed E-state index contributed by atoms with van der Waals surface area (Å²) in [6.07, 6.45) is 0.478. The molecule has 5 rings (SSSR count). The Bertz CT molecular complexity index is 1510. The smallest absolute Gasteiger partial charge is 0.256 e. The molecule has 0 saturated carbocycles. The zero-order chi connectivity index (χ0) is 24.0. The number of fused-ring (bicyclic) bond motifs is 1. The molecule has 8 nitrogen and oxygen atoms in total. The molecule has 1 N–H and O–H groups in total. The number of carbonyl (C=O) groups is 1. The van der Waals surface area contributed by atoms with E-state index in [0.717, 1.165) is 10.4 Å². The number of benzene rings is 1. The molecule has 1 atom stereocenters. The van der Waals surface area contributed by atoms with Gasteiger partial charge in [-0.2, -0.15) is 5.10 Å². The van der Waals surface area contributed by atoms with Gasteiger partial charge in [0.05, 0.1) is 57.6 Å². The van der Waals surface area contributed by atoms with E-state index in [-0.39, 0.29) is 23.5 Å². The molecule has 0 bridgehead atoms. The number of aryl methyl sites for hydroxylation is 2. The average molecular weight is 497 g/mol. The molecule has 4 heterocycles. The number of hydrogen-bond donors (Lipinski definition) is 1. The molecule has 1 fully saturated rings. The zero-order valence-electron chi connectivity index (χ0n) is 19.0. The second kappa shape index (κ2) is 8.52. The number of nitrogens with one attached hydrogen (secondary N) is 1. The summed E-state index contributed by atoms with van der Waals surface area (Å²) in [5, 5.41) is 10.2. The second-order valence-electron chi connectivity index (χ2n) is 8.48. The number of methoxy groups -OCH3 is 1. The van der Waals surface area contributed by atoms with Crippen LogP contribution < -0.4 is 10.1 Å². The SMILES string of the molecule is COc1ccc(C)cc1NC(=O)c1cc(-c2cccs2)nc2c1c(C)nn2[C@H]1CCS(=O)(=O)C1. The van der Waals surface area contributed by atoms with Gasteiger partial charge in [-0.3, -0.25) is 4.79 Å². The minimum absolute atomic E-state index is 0.0240. The fourth-order valence-electron chi connectivity index (χ4n) is 4.37. The number of ether oxygens (including phenoxy) is 1. The molecule has 1 saturated heterocycles. The molecule has 176 valence electrons. The van der Waals surface area contributed by atoms with Gasteiger partial charge >= 0.3 is 0 Å². The Balaban J connectivity index is 1.66. The van der Waals surface area contributed by atoms with E-state index in [9.17, 15) is 13.2 Å². The first-order valence-corrected chi connectivity index (χ1v) is 13.6. The number of hydrogen-bond acceptors (Lipinski definition) is 7. The fourth-order valence-corrected chi connectivity index (χ4v) is 6.75. The van der Waals surface area contributed by atoms with E-state index in [2.05, 4.69) is 10.4 Å². The maximum atomic E-state index is 13.6. The predicted octanol–water partition coefficient (Wildman–Crippen LogP) is 4.40. The molecule has 0 spiro atoms. The van der Waals surface area contributed by atoms with Crippen LogP contribution in [0.1, 0.15) is 34.1 Å². The first-order chi connectivity index (χ1) is 16.3. The van der Waals surface area contributed by atoms with Crippen LogP contribution in [0, 0.1) is 13.8 Å². The third-order valence-corrected chi connectivity index (χ3v) is 8.66. The van der Waals surface area contributed by atoms with E-state index in [1.54, 1.807) is 17.9 Å². The summed E-state index contributed by atoms with van der Waals surface area (Å²) in [6, 6.07) is 10.9. The summed E-state index contributed by atoms with van der Waals surface area (Å²) >= 11 is 1.52. The van der Waals surface area contributed by atoms with Crippen molar-refractivity contribution in [3.05, 3.63) is 58.6 Å². The maximum absolute atomic E-state index is 13.6. The molecule has 0 unspecified atom stereocenters. The highest BCUT2D eigenvalue weighted by Crippen LogP contribution is 2.34. The lowest BCUT2D eigenvalue weighted by molar-refractivity contribution is 0.102. The number of anilines is 1. The first kappa shape index (κ1) is 22.5. The van der Waals surface area contributed by atoms with Gasteiger partial charge in [0, 0.05) is 0 Å². The number of thiophene rings is 1. The molecule has 1 aliphatic heterocycles. The van der Waals surface area contributed by atoms with Crippen LogP contribution in [0.4, 0.5) is 5.69 Å². The standard InChI is InChI=1S/C24H24N4O4S2/c1-14-6-7-20(32-3)18(11-14)26-24(29)17-12-19(21-5-4-9-33-21)25-23-22(17)15(2)27-28(23)16-8-10-34(30,31)13-16/h4-7,9,11-12,16H,8,10,13H2,1-3H3,(H,26,29)/t16-/m0/s1. The number of amides is 1. The third-order valence-electron chi connectivity index (χ3n) is 6.01. The van der Waals surface area contributed by atoms with Crippen LogP contribution in [0.15, 0.2) is 41.8 Å². The minimum Gasteiger partial charge on any atom is -0.495 e. The Labute approximate surface area is 201 Å². The molecule has 4 aromatic rings. The summed E-state index contributed by atoms with van der Waals surface area (Å²) in [6.45, 7) is 3.76. The van der Waals surface area contributed by atoms with Crippen molar-refractivity contribution in [3.8, 4) is 16.3 Å². The maximum Gasteiger partial charge on any atom is 0.256 e. The topological polar surface area (TPSA) is 103 Å². The number of carbonyl (C=O) groups excluding carboxylic acids is 1. The van der Waals surface area contributed by atoms with Crippen LogP contribution in [0.25, 0.3) is 21.6 Å². The highest BCUT2D eigenvalue weighted by molar-refractivity contribution is 7.91. The lowest BCUT2D eigenvalue weighted by Gasteiger charge is -2.13. The van der Waals surface area contributed by atoms with Gasteiger partial charge in [0.25, 0.3) is 5.91 Å². The monoisotopic (exact) mass is 496 g/mol. The van der Waals surface area contributed by atoms with Gasteiger partial charge in [-0.15, -0.1) is 11.3 Å². The van der Waals surface area contributed by atoms with Gasteiger partial charge < -0.3 is 10.1 Å². The predicted molar refractivity (Wildman–Crippen MR) is 134 cm³/mol. The van der Waals surface area contributed by atoms with Crippen molar-refractivity contribution in [1.29, 1.82) is 0 Å². The fraction of sp³-hybridized carbons (Fsp3) is 0.292. The van der Waals surface area contributed by atoms with E-state index in [4.69, 9.17) is 9.72 Å². The Morgan fingerprint density at radius 1 is 1.24 bits per heavy atom. The van der Waals surface area contributed by atoms with Crippen molar-refractivity contribution in [2.75, 3.05) is 23.9 Å². The lowest BCUT2D eigenvalue weighted by Crippen LogP contribution is -2.15. The summed E-state index contributed by atoms with van der Waals surface area (Å²) in [4.78, 5) is 19.3. The third kappa shape index (κ3) is 4.07. The summed E-state index contributed by atoms with van der Waals surface area (Å²) in [5.41, 5.74) is 3.79. The molecule has 0 radical (unpaired) electrons. The number of aromatic nitrogens is 3. The van der Waals surface area contributed by atoms with Crippen molar-refractivity contribution in [1.82, 2.24) is 14.8 Å². The first-order valence-electron chi connectivity index (χ1n) is 10.9. The largest absolute Gasteiger partial charge is 0.495 e. The summed E-state index contributed by atoms with van der Waals surface area (Å²) in [5.74, 6) is 0.404. The normalized spacial score (nSPS) is 17.2. The molecule has 10 heteroatoms. The van der Waals surface area contributed by atoms with Crippen molar-refractivity contribution >= 4 is 43.8 Å².